The van der Waals surface area contributed by atoms with Crippen LogP contribution < -0.4 is 4.72 Å². The highest BCUT2D eigenvalue weighted by Gasteiger charge is 2.60. The summed E-state index contributed by atoms with van der Waals surface area (Å²) in [6, 6.07) is 0.119. The van der Waals surface area contributed by atoms with Crippen LogP contribution in [-0.4, -0.2) is 55.8 Å². The zero-order valence-electron chi connectivity index (χ0n) is 10.7. The number of carbonyl (C=O) groups is 1. The van der Waals surface area contributed by atoms with Gasteiger partial charge in [-0.25, -0.2) is 13.1 Å². The fourth-order valence-electron chi connectivity index (χ4n) is 2.76. The zero-order chi connectivity index (χ0) is 13.5. The maximum Gasteiger partial charge on any atom is 0.307 e. The molecule has 104 valence electrons. The van der Waals surface area contributed by atoms with E-state index in [0.29, 0.717) is 6.54 Å². The summed E-state index contributed by atoms with van der Waals surface area (Å²) < 4.78 is 25.2. The maximum absolute atomic E-state index is 11.3. The number of piperidine rings is 1. The summed E-state index contributed by atoms with van der Waals surface area (Å²) >= 11 is 0. The minimum absolute atomic E-state index is 0.0893. The summed E-state index contributed by atoms with van der Waals surface area (Å²) in [5.74, 6) is -0.225. The number of carboxylic acid groups (broad SMARTS) is 1. The number of sulfonamides is 1. The first-order valence-corrected chi connectivity index (χ1v) is 7.95. The lowest BCUT2D eigenvalue weighted by atomic mass is 10.2. The van der Waals surface area contributed by atoms with Gasteiger partial charge in [0.2, 0.25) is 10.0 Å². The van der Waals surface area contributed by atoms with Crippen molar-refractivity contribution in [3.05, 3.63) is 0 Å². The molecule has 4 atom stereocenters. The molecule has 18 heavy (non-hydrogen) atoms. The number of hydrogen-bond donors (Lipinski definition) is 2. The average Bonchev–Trinajstić information content (AvgIpc) is 2.83. The Morgan fingerprint density at radius 3 is 2.44 bits per heavy atom. The van der Waals surface area contributed by atoms with E-state index in [2.05, 4.69) is 9.62 Å². The van der Waals surface area contributed by atoms with Gasteiger partial charge in [0.05, 0.1) is 11.7 Å². The van der Waals surface area contributed by atoms with E-state index < -0.39 is 16.0 Å². The molecule has 2 aliphatic rings. The number of hydrogen-bond acceptors (Lipinski definition) is 4. The molecule has 0 aromatic carbocycles. The summed E-state index contributed by atoms with van der Waals surface area (Å²) in [5, 5.41) is 8.92. The van der Waals surface area contributed by atoms with Gasteiger partial charge in [-0.05, 0) is 25.7 Å². The quantitative estimate of drug-likeness (QED) is 0.688. The third-order valence-corrected chi connectivity index (χ3v) is 5.48. The fourth-order valence-corrected chi connectivity index (χ4v) is 3.46. The number of aliphatic carboxylic acids is 1. The highest BCUT2D eigenvalue weighted by molar-refractivity contribution is 7.89. The number of rotatable bonds is 6. The van der Waals surface area contributed by atoms with E-state index in [1.54, 1.807) is 6.92 Å². The summed E-state index contributed by atoms with van der Waals surface area (Å²) in [5.41, 5.74) is 0. The van der Waals surface area contributed by atoms with Crippen molar-refractivity contribution in [3.63, 3.8) is 0 Å². The van der Waals surface area contributed by atoms with Gasteiger partial charge in [-0.3, -0.25) is 9.69 Å². The Bertz CT molecular complexity index is 424. The van der Waals surface area contributed by atoms with Crippen LogP contribution in [0.1, 0.15) is 13.8 Å². The molecule has 1 aliphatic carbocycles. The van der Waals surface area contributed by atoms with Crippen molar-refractivity contribution in [1.82, 2.24) is 9.62 Å². The van der Waals surface area contributed by atoms with Gasteiger partial charge < -0.3 is 5.11 Å². The molecule has 1 saturated heterocycles. The second kappa shape index (κ2) is 4.79. The van der Waals surface area contributed by atoms with Crippen LogP contribution in [-0.2, 0) is 14.8 Å². The van der Waals surface area contributed by atoms with Crippen LogP contribution in [0.4, 0.5) is 0 Å². The molecule has 7 heteroatoms. The largest absolute Gasteiger partial charge is 0.481 e. The second-order valence-electron chi connectivity index (χ2n) is 5.25. The topological polar surface area (TPSA) is 86.7 Å². The summed E-state index contributed by atoms with van der Waals surface area (Å²) in [6.07, 6.45) is 0. The molecular weight excluding hydrogens is 256 g/mol. The standard InChI is InChI=1S/C11H20N2O4S/c1-3-18(16,17)12-4-7(2)13-5-8-9(6-13)10(8)11(14)15/h7-10,12H,3-6H2,1-2H3,(H,14,15)/t7?,8-,9+,10?. The summed E-state index contributed by atoms with van der Waals surface area (Å²) in [6.45, 7) is 5.52. The predicted molar refractivity (Wildman–Crippen MR) is 66.6 cm³/mol. The van der Waals surface area contributed by atoms with Crippen LogP contribution in [0.5, 0.6) is 0 Å². The molecule has 2 rings (SSSR count). The predicted octanol–water partition coefficient (Wildman–Crippen LogP) is -0.423. The first kappa shape index (κ1) is 13.8. The van der Waals surface area contributed by atoms with Gasteiger partial charge >= 0.3 is 5.97 Å². The Labute approximate surface area is 107 Å². The van der Waals surface area contributed by atoms with Gasteiger partial charge in [-0.2, -0.15) is 0 Å². The molecule has 0 radical (unpaired) electrons. The number of carboxylic acids is 1. The third kappa shape index (κ3) is 2.67. The Balaban J connectivity index is 1.77. The van der Waals surface area contributed by atoms with Crippen molar-refractivity contribution in [2.75, 3.05) is 25.4 Å². The van der Waals surface area contributed by atoms with Gasteiger partial charge in [-0.15, -0.1) is 0 Å². The van der Waals surface area contributed by atoms with Crippen LogP contribution in [0.2, 0.25) is 0 Å². The highest BCUT2D eigenvalue weighted by Crippen LogP contribution is 2.52. The number of fused-ring (bicyclic) bond motifs is 1. The van der Waals surface area contributed by atoms with Crippen LogP contribution >= 0.6 is 0 Å². The first-order chi connectivity index (χ1) is 8.35. The number of likely N-dealkylation sites (tertiary alicyclic amines) is 1. The monoisotopic (exact) mass is 276 g/mol. The lowest BCUT2D eigenvalue weighted by Crippen LogP contribution is -2.42. The number of nitrogens with one attached hydrogen (secondary N) is 1. The molecule has 2 N–H and O–H groups in total. The lowest BCUT2D eigenvalue weighted by molar-refractivity contribution is -0.139. The molecule has 2 fully saturated rings. The lowest BCUT2D eigenvalue weighted by Gasteiger charge is -2.26. The van der Waals surface area contributed by atoms with E-state index in [1.807, 2.05) is 6.92 Å². The van der Waals surface area contributed by atoms with Gasteiger partial charge in [0, 0.05) is 25.7 Å². The van der Waals surface area contributed by atoms with Gasteiger partial charge in [0.25, 0.3) is 0 Å². The molecule has 1 saturated carbocycles. The highest BCUT2D eigenvalue weighted by atomic mass is 32.2. The second-order valence-corrected chi connectivity index (χ2v) is 7.34. The molecule has 2 unspecified atom stereocenters. The molecule has 0 aromatic heterocycles. The summed E-state index contributed by atoms with van der Waals surface area (Å²) in [7, 11) is -3.14. The van der Waals surface area contributed by atoms with E-state index in [0.717, 1.165) is 13.1 Å². The summed E-state index contributed by atoms with van der Waals surface area (Å²) in [4.78, 5) is 13.0. The van der Waals surface area contributed by atoms with E-state index in [4.69, 9.17) is 5.11 Å². The van der Waals surface area contributed by atoms with Crippen molar-refractivity contribution >= 4 is 16.0 Å². The van der Waals surface area contributed by atoms with Gasteiger partial charge in [0.15, 0.2) is 0 Å². The van der Waals surface area contributed by atoms with Crippen LogP contribution in [0.3, 0.4) is 0 Å². The van der Waals surface area contributed by atoms with E-state index in [-0.39, 0.29) is 29.5 Å². The molecular formula is C11H20N2O4S. The zero-order valence-corrected chi connectivity index (χ0v) is 11.5. The van der Waals surface area contributed by atoms with Crippen molar-refractivity contribution in [2.45, 2.75) is 19.9 Å². The van der Waals surface area contributed by atoms with Crippen molar-refractivity contribution in [2.24, 2.45) is 17.8 Å². The molecule has 1 heterocycles. The molecule has 0 aromatic rings. The third-order valence-electron chi connectivity index (χ3n) is 4.11. The minimum Gasteiger partial charge on any atom is -0.481 e. The molecule has 6 nitrogen and oxygen atoms in total. The minimum atomic E-state index is -3.14. The Morgan fingerprint density at radius 2 is 2.00 bits per heavy atom. The van der Waals surface area contributed by atoms with Gasteiger partial charge in [-0.1, -0.05) is 0 Å². The Morgan fingerprint density at radius 1 is 1.44 bits per heavy atom. The first-order valence-electron chi connectivity index (χ1n) is 6.30. The van der Waals surface area contributed by atoms with E-state index in [1.165, 1.54) is 0 Å². The van der Waals surface area contributed by atoms with Crippen molar-refractivity contribution < 1.29 is 18.3 Å². The van der Waals surface area contributed by atoms with Crippen LogP contribution in [0.15, 0.2) is 0 Å². The van der Waals surface area contributed by atoms with Crippen molar-refractivity contribution in [1.29, 1.82) is 0 Å². The average molecular weight is 276 g/mol. The normalized spacial score (nSPS) is 33.1. The van der Waals surface area contributed by atoms with Crippen LogP contribution in [0.25, 0.3) is 0 Å². The van der Waals surface area contributed by atoms with Gasteiger partial charge in [0.1, 0.15) is 0 Å². The number of nitrogens with zero attached hydrogens (tertiary/aromatic N) is 1. The molecule has 0 bridgehead atoms. The van der Waals surface area contributed by atoms with Crippen molar-refractivity contribution in [3.8, 4) is 0 Å². The molecule has 0 spiro atoms. The molecule has 0 amide bonds. The van der Waals surface area contributed by atoms with E-state index in [9.17, 15) is 13.2 Å². The fraction of sp³-hybridized carbons (Fsp3) is 0.909. The SMILES string of the molecule is CCS(=O)(=O)NCC(C)N1C[C@@H]2C(C(=O)O)[C@@H]2C1. The Kier molecular flexibility index (Phi) is 3.66. The van der Waals surface area contributed by atoms with Crippen LogP contribution in [0, 0.1) is 17.8 Å². The maximum atomic E-state index is 11.3. The van der Waals surface area contributed by atoms with E-state index >= 15 is 0 Å². The molecule has 1 aliphatic heterocycles. The smallest absolute Gasteiger partial charge is 0.307 e. The Hall–Kier alpha value is -0.660.